The average molecular weight is 154 g/mol. The van der Waals surface area contributed by atoms with Crippen molar-refractivity contribution in [2.75, 3.05) is 0 Å². The minimum Gasteiger partial charge on any atom is -0.508 e. The Morgan fingerprint density at radius 1 is 1.55 bits per heavy atom. The summed E-state index contributed by atoms with van der Waals surface area (Å²) in [6.45, 7) is 2.09. The molecule has 0 aliphatic heterocycles. The minimum atomic E-state index is 0.172. The third-order valence-corrected chi connectivity index (χ3v) is 1.26. The summed E-state index contributed by atoms with van der Waals surface area (Å²) >= 11 is 0. The van der Waals surface area contributed by atoms with Crippen LogP contribution in [-0.4, -0.2) is 11.4 Å². The summed E-state index contributed by atoms with van der Waals surface area (Å²) in [5, 5.41) is 9.02. The van der Waals surface area contributed by atoms with Crippen LogP contribution in [0.4, 0.5) is 0 Å². The number of hydrogen-bond acceptors (Lipinski definition) is 2. The number of carbonyl (C=O) groups excluding carboxylic acids is 1. The average Bonchev–Trinajstić information content (AvgIpc) is 2.01. The molecule has 0 aromatic carbocycles. The molecule has 0 spiro atoms. The third-order valence-electron chi connectivity index (χ3n) is 1.26. The molecule has 0 radical (unpaired) electrons. The minimum absolute atomic E-state index is 0.172. The van der Waals surface area contributed by atoms with Crippen molar-refractivity contribution in [1.29, 1.82) is 0 Å². The lowest BCUT2D eigenvalue weighted by Crippen LogP contribution is -1.75. The Hall–Kier alpha value is -1.05. The highest BCUT2D eigenvalue weighted by Crippen LogP contribution is 1.99. The molecule has 0 aromatic rings. The molecule has 2 nitrogen and oxygen atoms in total. The number of aliphatic hydroxyl groups excluding tert-OH is 1. The molecular weight excluding hydrogens is 140 g/mol. The highest BCUT2D eigenvalue weighted by atomic mass is 16.3. The maximum atomic E-state index is 9.81. The Labute approximate surface area is 67.2 Å². The monoisotopic (exact) mass is 154 g/mol. The molecule has 0 saturated carbocycles. The lowest BCUT2D eigenvalue weighted by molar-refractivity contribution is -0.104. The molecule has 1 N–H and O–H groups in total. The van der Waals surface area contributed by atoms with Crippen molar-refractivity contribution < 1.29 is 9.90 Å². The summed E-state index contributed by atoms with van der Waals surface area (Å²) in [7, 11) is 0. The zero-order valence-electron chi connectivity index (χ0n) is 6.79. The van der Waals surface area contributed by atoms with Crippen LogP contribution >= 0.6 is 0 Å². The fourth-order valence-corrected chi connectivity index (χ4v) is 0.660. The second-order valence-corrected chi connectivity index (χ2v) is 2.27. The van der Waals surface area contributed by atoms with Crippen LogP contribution in [0.2, 0.25) is 0 Å². The van der Waals surface area contributed by atoms with Gasteiger partial charge in [0.15, 0.2) is 0 Å². The van der Waals surface area contributed by atoms with Gasteiger partial charge in [0.05, 0.1) is 0 Å². The topological polar surface area (TPSA) is 37.3 Å². The summed E-state index contributed by atoms with van der Waals surface area (Å²) in [5.74, 6) is 0.172. The molecule has 0 heterocycles. The SMILES string of the molecule is CCCCC=C(O)C=CC=O. The van der Waals surface area contributed by atoms with Gasteiger partial charge in [-0.3, -0.25) is 4.79 Å². The van der Waals surface area contributed by atoms with Gasteiger partial charge in [0.25, 0.3) is 0 Å². The van der Waals surface area contributed by atoms with E-state index in [0.717, 1.165) is 19.3 Å². The zero-order valence-corrected chi connectivity index (χ0v) is 6.79. The van der Waals surface area contributed by atoms with Crippen LogP contribution < -0.4 is 0 Å². The highest BCUT2D eigenvalue weighted by Gasteiger charge is 1.84. The molecule has 0 aliphatic rings. The van der Waals surface area contributed by atoms with Gasteiger partial charge in [-0.2, -0.15) is 0 Å². The lowest BCUT2D eigenvalue weighted by Gasteiger charge is -1.90. The summed E-state index contributed by atoms with van der Waals surface area (Å²) in [4.78, 5) is 9.81. The first-order valence-electron chi connectivity index (χ1n) is 3.82. The number of rotatable bonds is 5. The van der Waals surface area contributed by atoms with Crippen molar-refractivity contribution in [1.82, 2.24) is 0 Å². The second kappa shape index (κ2) is 7.06. The number of aliphatic hydroxyl groups is 1. The highest BCUT2D eigenvalue weighted by molar-refractivity contribution is 5.65. The van der Waals surface area contributed by atoms with Gasteiger partial charge in [0.1, 0.15) is 12.0 Å². The standard InChI is InChI=1S/C9H14O2/c1-2-3-4-6-9(11)7-5-8-10/h5-8,11H,2-4H2,1H3. The van der Waals surface area contributed by atoms with E-state index in [1.165, 1.54) is 12.2 Å². The van der Waals surface area contributed by atoms with E-state index in [9.17, 15) is 4.79 Å². The number of hydrogen-bond donors (Lipinski definition) is 1. The van der Waals surface area contributed by atoms with Gasteiger partial charge >= 0.3 is 0 Å². The predicted octanol–water partition coefficient (Wildman–Crippen LogP) is 2.37. The van der Waals surface area contributed by atoms with Crippen molar-refractivity contribution >= 4 is 6.29 Å². The zero-order chi connectivity index (χ0) is 8.53. The summed E-state index contributed by atoms with van der Waals surface area (Å²) < 4.78 is 0. The number of carbonyl (C=O) groups is 1. The van der Waals surface area contributed by atoms with Crippen LogP contribution in [0, 0.1) is 0 Å². The van der Waals surface area contributed by atoms with E-state index in [-0.39, 0.29) is 5.76 Å². The summed E-state index contributed by atoms with van der Waals surface area (Å²) in [6, 6.07) is 0. The molecular formula is C9H14O2. The van der Waals surface area contributed by atoms with Crippen LogP contribution in [0.3, 0.4) is 0 Å². The first-order valence-corrected chi connectivity index (χ1v) is 3.82. The molecule has 0 aliphatic carbocycles. The molecule has 0 aromatic heterocycles. The van der Waals surface area contributed by atoms with Gasteiger partial charge in [-0.25, -0.2) is 0 Å². The third kappa shape index (κ3) is 6.84. The number of aldehydes is 1. The van der Waals surface area contributed by atoms with Gasteiger partial charge in [-0.05, 0) is 31.1 Å². The molecule has 62 valence electrons. The van der Waals surface area contributed by atoms with Crippen LogP contribution in [-0.2, 0) is 4.79 Å². The van der Waals surface area contributed by atoms with Gasteiger partial charge in [-0.1, -0.05) is 13.3 Å². The van der Waals surface area contributed by atoms with Crippen molar-refractivity contribution in [3.63, 3.8) is 0 Å². The molecule has 0 amide bonds. The first-order chi connectivity index (χ1) is 5.31. The van der Waals surface area contributed by atoms with Gasteiger partial charge in [-0.15, -0.1) is 0 Å². The largest absolute Gasteiger partial charge is 0.508 e. The van der Waals surface area contributed by atoms with Crippen molar-refractivity contribution in [3.8, 4) is 0 Å². The summed E-state index contributed by atoms with van der Waals surface area (Å²) in [6.07, 6.45) is 8.07. The first kappa shape index (κ1) is 9.95. The smallest absolute Gasteiger partial charge is 0.142 e. The maximum absolute atomic E-state index is 9.81. The van der Waals surface area contributed by atoms with Crippen molar-refractivity contribution in [2.24, 2.45) is 0 Å². The quantitative estimate of drug-likeness (QED) is 0.217. The van der Waals surface area contributed by atoms with Crippen LogP contribution in [0.15, 0.2) is 24.0 Å². The Balaban J connectivity index is 3.62. The molecule has 0 rings (SSSR count). The number of unbranched alkanes of at least 4 members (excludes halogenated alkanes) is 2. The van der Waals surface area contributed by atoms with E-state index >= 15 is 0 Å². The van der Waals surface area contributed by atoms with Crippen LogP contribution in [0.25, 0.3) is 0 Å². The van der Waals surface area contributed by atoms with E-state index in [0.29, 0.717) is 6.29 Å². The van der Waals surface area contributed by atoms with E-state index < -0.39 is 0 Å². The Morgan fingerprint density at radius 3 is 2.82 bits per heavy atom. The van der Waals surface area contributed by atoms with Crippen LogP contribution in [0.1, 0.15) is 26.2 Å². The Kier molecular flexibility index (Phi) is 6.39. The van der Waals surface area contributed by atoms with E-state index in [4.69, 9.17) is 5.11 Å². The summed E-state index contributed by atoms with van der Waals surface area (Å²) in [5.41, 5.74) is 0. The molecule has 11 heavy (non-hydrogen) atoms. The van der Waals surface area contributed by atoms with E-state index in [1.807, 2.05) is 0 Å². The molecule has 0 atom stereocenters. The molecule has 0 saturated heterocycles. The molecule has 0 bridgehead atoms. The van der Waals surface area contributed by atoms with Gasteiger partial charge in [0.2, 0.25) is 0 Å². The maximum Gasteiger partial charge on any atom is 0.142 e. The number of allylic oxidation sites excluding steroid dienone is 3. The van der Waals surface area contributed by atoms with Crippen molar-refractivity contribution in [3.05, 3.63) is 24.0 Å². The Bertz CT molecular complexity index is 157. The van der Waals surface area contributed by atoms with E-state index in [1.54, 1.807) is 6.08 Å². The fraction of sp³-hybridized carbons (Fsp3) is 0.444. The molecule has 0 fully saturated rings. The van der Waals surface area contributed by atoms with Crippen molar-refractivity contribution in [2.45, 2.75) is 26.2 Å². The Morgan fingerprint density at radius 2 is 2.27 bits per heavy atom. The van der Waals surface area contributed by atoms with Crippen LogP contribution in [0.5, 0.6) is 0 Å². The second-order valence-electron chi connectivity index (χ2n) is 2.27. The van der Waals surface area contributed by atoms with E-state index in [2.05, 4.69) is 6.92 Å². The normalized spacial score (nSPS) is 12.3. The molecule has 2 heteroatoms. The molecule has 0 unspecified atom stereocenters. The van der Waals surface area contributed by atoms with Gasteiger partial charge < -0.3 is 5.11 Å². The predicted molar refractivity (Wildman–Crippen MR) is 45.4 cm³/mol. The lowest BCUT2D eigenvalue weighted by atomic mass is 10.2. The van der Waals surface area contributed by atoms with Gasteiger partial charge in [0, 0.05) is 0 Å². The fourth-order valence-electron chi connectivity index (χ4n) is 0.660.